The molecule has 0 saturated heterocycles. The second-order valence-electron chi connectivity index (χ2n) is 4.71. The van der Waals surface area contributed by atoms with Gasteiger partial charge in [0.2, 0.25) is 0 Å². The molecule has 0 spiro atoms. The summed E-state index contributed by atoms with van der Waals surface area (Å²) in [5.74, 6) is 0. The van der Waals surface area contributed by atoms with Gasteiger partial charge in [-0.3, -0.25) is 0 Å². The first-order valence-corrected chi connectivity index (χ1v) is 6.64. The van der Waals surface area contributed by atoms with Gasteiger partial charge in [0, 0.05) is 24.8 Å². The molecule has 3 heteroatoms. The lowest BCUT2D eigenvalue weighted by atomic mass is 10.1. The third-order valence-electron chi connectivity index (χ3n) is 3.16. The van der Waals surface area contributed by atoms with Gasteiger partial charge in [-0.05, 0) is 30.2 Å². The van der Waals surface area contributed by atoms with Gasteiger partial charge in [-0.2, -0.15) is 0 Å². The first kappa shape index (κ1) is 13.6. The van der Waals surface area contributed by atoms with Crippen molar-refractivity contribution in [3.05, 3.63) is 65.2 Å². The van der Waals surface area contributed by atoms with Crippen LogP contribution in [0, 0.1) is 6.92 Å². The Morgan fingerprint density at radius 2 is 1.89 bits per heavy atom. The predicted octanol–water partition coefficient (Wildman–Crippen LogP) is 3.27. The van der Waals surface area contributed by atoms with Crippen molar-refractivity contribution in [3.63, 3.8) is 0 Å². The largest absolute Gasteiger partial charge is 0.389 e. The molecule has 2 aromatic carbocycles. The van der Waals surface area contributed by atoms with Crippen molar-refractivity contribution in [2.45, 2.75) is 13.5 Å². The predicted molar refractivity (Wildman–Crippen MR) is 85.6 cm³/mol. The molecule has 0 aliphatic rings. The van der Waals surface area contributed by atoms with Crippen LogP contribution in [-0.2, 0) is 6.54 Å². The highest BCUT2D eigenvalue weighted by atomic mass is 32.1. The Balaban J connectivity index is 2.19. The number of hydrogen-bond acceptors (Lipinski definition) is 2. The van der Waals surface area contributed by atoms with Crippen LogP contribution >= 0.6 is 12.2 Å². The molecule has 0 aromatic heterocycles. The Hall–Kier alpha value is -1.87. The third kappa shape index (κ3) is 3.32. The van der Waals surface area contributed by atoms with Crippen molar-refractivity contribution in [2.75, 3.05) is 11.9 Å². The molecule has 0 heterocycles. The number of para-hydroxylation sites is 1. The van der Waals surface area contributed by atoms with E-state index in [1.165, 1.54) is 16.8 Å². The van der Waals surface area contributed by atoms with E-state index in [2.05, 4.69) is 55.3 Å². The van der Waals surface area contributed by atoms with Crippen molar-refractivity contribution < 1.29 is 0 Å². The Morgan fingerprint density at radius 1 is 1.16 bits per heavy atom. The first-order valence-electron chi connectivity index (χ1n) is 6.23. The molecule has 0 unspecified atom stereocenters. The molecule has 98 valence electrons. The van der Waals surface area contributed by atoms with Crippen molar-refractivity contribution in [2.24, 2.45) is 5.73 Å². The summed E-state index contributed by atoms with van der Waals surface area (Å²) in [7, 11) is 2.09. The summed E-state index contributed by atoms with van der Waals surface area (Å²) in [4.78, 5) is 2.67. The number of rotatable bonds is 4. The SMILES string of the molecule is Cc1ccccc1N(C)Cc1cccc(C(N)=S)c1. The van der Waals surface area contributed by atoms with Crippen molar-refractivity contribution in [1.82, 2.24) is 0 Å². The number of thiocarbonyl (C=S) groups is 1. The fourth-order valence-corrected chi connectivity index (χ4v) is 2.30. The summed E-state index contributed by atoms with van der Waals surface area (Å²) in [6, 6.07) is 16.5. The zero-order valence-corrected chi connectivity index (χ0v) is 12.1. The molecule has 2 N–H and O–H groups in total. The standard InChI is InChI=1S/C16H18N2S/c1-12-6-3-4-9-15(12)18(2)11-13-7-5-8-14(10-13)16(17)19/h3-10H,11H2,1-2H3,(H2,17,19). The maximum Gasteiger partial charge on any atom is 0.103 e. The molecule has 19 heavy (non-hydrogen) atoms. The average Bonchev–Trinajstić information content (AvgIpc) is 2.39. The van der Waals surface area contributed by atoms with Gasteiger partial charge in [0.25, 0.3) is 0 Å². The van der Waals surface area contributed by atoms with E-state index in [9.17, 15) is 0 Å². The highest BCUT2D eigenvalue weighted by molar-refractivity contribution is 7.80. The van der Waals surface area contributed by atoms with Gasteiger partial charge in [0.05, 0.1) is 0 Å². The van der Waals surface area contributed by atoms with Crippen LogP contribution in [0.3, 0.4) is 0 Å². The number of nitrogens with zero attached hydrogens (tertiary/aromatic N) is 1. The van der Waals surface area contributed by atoms with Gasteiger partial charge in [-0.1, -0.05) is 48.6 Å². The van der Waals surface area contributed by atoms with Gasteiger partial charge >= 0.3 is 0 Å². The molecule has 2 rings (SSSR count). The monoisotopic (exact) mass is 270 g/mol. The van der Waals surface area contributed by atoms with Gasteiger partial charge in [-0.25, -0.2) is 0 Å². The summed E-state index contributed by atoms with van der Waals surface area (Å²) < 4.78 is 0. The van der Waals surface area contributed by atoms with Crippen LogP contribution in [0.1, 0.15) is 16.7 Å². The summed E-state index contributed by atoms with van der Waals surface area (Å²) >= 11 is 5.01. The highest BCUT2D eigenvalue weighted by Gasteiger charge is 2.05. The molecule has 0 radical (unpaired) electrons. The van der Waals surface area contributed by atoms with Crippen LogP contribution in [0.2, 0.25) is 0 Å². The molecule has 0 fully saturated rings. The minimum atomic E-state index is 0.445. The fourth-order valence-electron chi connectivity index (χ4n) is 2.17. The molecule has 0 atom stereocenters. The zero-order valence-electron chi connectivity index (χ0n) is 11.3. The van der Waals surface area contributed by atoms with Gasteiger partial charge in [-0.15, -0.1) is 0 Å². The van der Waals surface area contributed by atoms with E-state index < -0.39 is 0 Å². The molecule has 0 bridgehead atoms. The highest BCUT2D eigenvalue weighted by Crippen LogP contribution is 2.20. The number of hydrogen-bond donors (Lipinski definition) is 1. The second kappa shape index (κ2) is 5.85. The van der Waals surface area contributed by atoms with E-state index in [1.807, 2.05) is 12.1 Å². The van der Waals surface area contributed by atoms with E-state index in [1.54, 1.807) is 0 Å². The summed E-state index contributed by atoms with van der Waals surface area (Å²) in [6.45, 7) is 2.96. The van der Waals surface area contributed by atoms with Crippen LogP contribution in [-0.4, -0.2) is 12.0 Å². The van der Waals surface area contributed by atoms with Crippen molar-refractivity contribution in [1.29, 1.82) is 0 Å². The molecule has 0 amide bonds. The Kier molecular flexibility index (Phi) is 4.17. The number of anilines is 1. The molecule has 2 aromatic rings. The normalized spacial score (nSPS) is 10.2. The maximum atomic E-state index is 5.67. The van der Waals surface area contributed by atoms with Crippen LogP contribution in [0.15, 0.2) is 48.5 Å². The minimum Gasteiger partial charge on any atom is -0.389 e. The average molecular weight is 270 g/mol. The van der Waals surface area contributed by atoms with E-state index in [0.717, 1.165) is 12.1 Å². The van der Waals surface area contributed by atoms with Crippen LogP contribution in [0.25, 0.3) is 0 Å². The van der Waals surface area contributed by atoms with Gasteiger partial charge in [0.1, 0.15) is 4.99 Å². The maximum absolute atomic E-state index is 5.67. The summed E-state index contributed by atoms with van der Waals surface area (Å²) in [5, 5.41) is 0. The molecule has 2 nitrogen and oxygen atoms in total. The molecule has 0 saturated carbocycles. The Bertz CT molecular complexity index is 593. The first-order chi connectivity index (χ1) is 9.08. The lowest BCUT2D eigenvalue weighted by Gasteiger charge is -2.21. The van der Waals surface area contributed by atoms with E-state index in [4.69, 9.17) is 18.0 Å². The Labute approximate surface area is 119 Å². The van der Waals surface area contributed by atoms with Gasteiger partial charge in [0.15, 0.2) is 0 Å². The molecule has 0 aliphatic carbocycles. The second-order valence-corrected chi connectivity index (χ2v) is 5.15. The summed E-state index contributed by atoms with van der Waals surface area (Å²) in [5.41, 5.74) is 10.3. The quantitative estimate of drug-likeness (QED) is 0.865. The number of aryl methyl sites for hydroxylation is 1. The topological polar surface area (TPSA) is 29.3 Å². The minimum absolute atomic E-state index is 0.445. The van der Waals surface area contributed by atoms with Gasteiger partial charge < -0.3 is 10.6 Å². The van der Waals surface area contributed by atoms with Crippen LogP contribution in [0.4, 0.5) is 5.69 Å². The molecular weight excluding hydrogens is 252 g/mol. The van der Waals surface area contributed by atoms with E-state index in [-0.39, 0.29) is 0 Å². The van der Waals surface area contributed by atoms with Crippen LogP contribution in [0.5, 0.6) is 0 Å². The van der Waals surface area contributed by atoms with E-state index in [0.29, 0.717) is 4.99 Å². The number of benzene rings is 2. The third-order valence-corrected chi connectivity index (χ3v) is 3.39. The smallest absolute Gasteiger partial charge is 0.103 e. The fraction of sp³-hybridized carbons (Fsp3) is 0.188. The number of nitrogens with two attached hydrogens (primary N) is 1. The zero-order chi connectivity index (χ0) is 13.8. The van der Waals surface area contributed by atoms with Crippen LogP contribution < -0.4 is 10.6 Å². The lowest BCUT2D eigenvalue weighted by molar-refractivity contribution is 0.917. The lowest BCUT2D eigenvalue weighted by Crippen LogP contribution is -2.18. The van der Waals surface area contributed by atoms with Crippen molar-refractivity contribution >= 4 is 22.9 Å². The van der Waals surface area contributed by atoms with Crippen molar-refractivity contribution in [3.8, 4) is 0 Å². The Morgan fingerprint density at radius 3 is 2.58 bits per heavy atom. The molecule has 0 aliphatic heterocycles. The van der Waals surface area contributed by atoms with E-state index >= 15 is 0 Å². The molecular formula is C16H18N2S. The summed E-state index contributed by atoms with van der Waals surface area (Å²) in [6.07, 6.45) is 0.